The maximum atomic E-state index is 8.95. The van der Waals surface area contributed by atoms with Gasteiger partial charge in [0.05, 0.1) is 11.6 Å². The van der Waals surface area contributed by atoms with E-state index < -0.39 is 0 Å². The Kier molecular flexibility index (Phi) is 3.58. The third-order valence-electron chi connectivity index (χ3n) is 3.27. The molecule has 0 amide bonds. The lowest BCUT2D eigenvalue weighted by Crippen LogP contribution is -2.08. The molecule has 0 saturated carbocycles. The van der Waals surface area contributed by atoms with E-state index >= 15 is 0 Å². The van der Waals surface area contributed by atoms with Gasteiger partial charge in [0.1, 0.15) is 0 Å². The van der Waals surface area contributed by atoms with E-state index in [1.807, 2.05) is 49.3 Å². The monoisotopic (exact) mass is 290 g/mol. The highest BCUT2D eigenvalue weighted by atomic mass is 16.4. The zero-order chi connectivity index (χ0) is 15.5. The number of nitrogens with zero attached hydrogens (tertiary/aromatic N) is 4. The first-order valence-corrected chi connectivity index (χ1v) is 6.79. The standard InChI is InChI=1S/C17H14N4O/c1-21(2)15-8-4-7-14(10-15)17-20-19-16(22-17)13-6-3-5-12(9-13)11-18/h3-10H,1-2H3. The van der Waals surface area contributed by atoms with Crippen molar-refractivity contribution in [3.63, 3.8) is 0 Å². The molecule has 108 valence electrons. The van der Waals surface area contributed by atoms with Crippen molar-refractivity contribution < 1.29 is 4.42 Å². The molecule has 0 aliphatic carbocycles. The molecule has 1 aromatic heterocycles. The number of nitriles is 1. The second-order valence-corrected chi connectivity index (χ2v) is 5.05. The molecule has 0 spiro atoms. The highest BCUT2D eigenvalue weighted by Gasteiger charge is 2.11. The number of rotatable bonds is 3. The fourth-order valence-electron chi connectivity index (χ4n) is 2.10. The van der Waals surface area contributed by atoms with Crippen LogP contribution in [-0.4, -0.2) is 24.3 Å². The summed E-state index contributed by atoms with van der Waals surface area (Å²) in [6.07, 6.45) is 0. The van der Waals surface area contributed by atoms with Crippen molar-refractivity contribution in [2.75, 3.05) is 19.0 Å². The maximum absolute atomic E-state index is 8.95. The first kappa shape index (κ1) is 13.8. The van der Waals surface area contributed by atoms with Crippen LogP contribution in [0, 0.1) is 11.3 Å². The van der Waals surface area contributed by atoms with E-state index in [2.05, 4.69) is 16.3 Å². The molecule has 0 fully saturated rings. The van der Waals surface area contributed by atoms with Gasteiger partial charge >= 0.3 is 0 Å². The Morgan fingerprint density at radius 1 is 0.955 bits per heavy atom. The predicted molar refractivity (Wildman–Crippen MR) is 84.2 cm³/mol. The van der Waals surface area contributed by atoms with Crippen LogP contribution in [0.2, 0.25) is 0 Å². The van der Waals surface area contributed by atoms with Gasteiger partial charge in [-0.1, -0.05) is 12.1 Å². The second kappa shape index (κ2) is 5.70. The Morgan fingerprint density at radius 3 is 2.23 bits per heavy atom. The first-order chi connectivity index (χ1) is 10.7. The van der Waals surface area contributed by atoms with Crippen LogP contribution in [0.25, 0.3) is 22.9 Å². The van der Waals surface area contributed by atoms with Crippen molar-refractivity contribution in [2.45, 2.75) is 0 Å². The normalized spacial score (nSPS) is 10.2. The summed E-state index contributed by atoms with van der Waals surface area (Å²) in [6, 6.07) is 17.1. The molecule has 0 saturated heterocycles. The summed E-state index contributed by atoms with van der Waals surface area (Å²) < 4.78 is 5.74. The van der Waals surface area contributed by atoms with Gasteiger partial charge in [-0.25, -0.2) is 0 Å². The van der Waals surface area contributed by atoms with E-state index in [-0.39, 0.29) is 0 Å². The minimum absolute atomic E-state index is 0.405. The molecular weight excluding hydrogens is 276 g/mol. The van der Waals surface area contributed by atoms with Gasteiger partial charge in [-0.05, 0) is 36.4 Å². The highest BCUT2D eigenvalue weighted by Crippen LogP contribution is 2.26. The molecule has 5 heteroatoms. The molecule has 5 nitrogen and oxygen atoms in total. The minimum atomic E-state index is 0.405. The molecule has 1 heterocycles. The van der Waals surface area contributed by atoms with Crippen LogP contribution < -0.4 is 4.90 Å². The van der Waals surface area contributed by atoms with Crippen LogP contribution in [0.4, 0.5) is 5.69 Å². The summed E-state index contributed by atoms with van der Waals surface area (Å²) in [6.45, 7) is 0. The third-order valence-corrected chi connectivity index (χ3v) is 3.27. The average Bonchev–Trinajstić information content (AvgIpc) is 3.05. The Bertz CT molecular complexity index is 846. The van der Waals surface area contributed by atoms with Crippen molar-refractivity contribution in [3.8, 4) is 29.0 Å². The highest BCUT2D eigenvalue weighted by molar-refractivity contribution is 5.63. The largest absolute Gasteiger partial charge is 0.416 e. The first-order valence-electron chi connectivity index (χ1n) is 6.79. The molecule has 0 unspecified atom stereocenters. The third kappa shape index (κ3) is 2.67. The smallest absolute Gasteiger partial charge is 0.248 e. The van der Waals surface area contributed by atoms with Gasteiger partial charge in [0, 0.05) is 30.9 Å². The van der Waals surface area contributed by atoms with Crippen LogP contribution in [0.15, 0.2) is 52.9 Å². The molecule has 0 bridgehead atoms. The molecule has 0 atom stereocenters. The molecule has 0 N–H and O–H groups in total. The summed E-state index contributed by atoms with van der Waals surface area (Å²) in [5.41, 5.74) is 3.22. The summed E-state index contributed by atoms with van der Waals surface area (Å²) >= 11 is 0. The summed E-state index contributed by atoms with van der Waals surface area (Å²) in [5.74, 6) is 0.864. The summed E-state index contributed by atoms with van der Waals surface area (Å²) in [7, 11) is 3.96. The zero-order valence-electron chi connectivity index (χ0n) is 12.3. The fourth-order valence-corrected chi connectivity index (χ4v) is 2.10. The number of hydrogen-bond donors (Lipinski definition) is 0. The summed E-state index contributed by atoms with van der Waals surface area (Å²) in [5, 5.41) is 17.1. The lowest BCUT2D eigenvalue weighted by atomic mass is 10.1. The Morgan fingerprint density at radius 2 is 1.59 bits per heavy atom. The predicted octanol–water partition coefficient (Wildman–Crippen LogP) is 3.34. The number of hydrogen-bond acceptors (Lipinski definition) is 5. The van der Waals surface area contributed by atoms with Crippen LogP contribution >= 0.6 is 0 Å². The van der Waals surface area contributed by atoms with Crippen LogP contribution in [0.1, 0.15) is 5.56 Å². The van der Waals surface area contributed by atoms with Crippen LogP contribution in [0.5, 0.6) is 0 Å². The van der Waals surface area contributed by atoms with Crippen molar-refractivity contribution in [1.82, 2.24) is 10.2 Å². The maximum Gasteiger partial charge on any atom is 0.248 e. The van der Waals surface area contributed by atoms with Gasteiger partial charge in [0.25, 0.3) is 0 Å². The second-order valence-electron chi connectivity index (χ2n) is 5.05. The zero-order valence-corrected chi connectivity index (χ0v) is 12.3. The van der Waals surface area contributed by atoms with Crippen molar-refractivity contribution in [3.05, 3.63) is 54.1 Å². The number of anilines is 1. The quantitative estimate of drug-likeness (QED) is 0.740. The lowest BCUT2D eigenvalue weighted by Gasteiger charge is -2.12. The molecule has 0 aliphatic heterocycles. The molecule has 22 heavy (non-hydrogen) atoms. The van der Waals surface area contributed by atoms with Crippen LogP contribution in [0.3, 0.4) is 0 Å². The van der Waals surface area contributed by atoms with E-state index in [1.165, 1.54) is 0 Å². The minimum Gasteiger partial charge on any atom is -0.416 e. The van der Waals surface area contributed by atoms with Gasteiger partial charge in [-0.15, -0.1) is 10.2 Å². The molecule has 3 aromatic rings. The molecule has 2 aromatic carbocycles. The molecular formula is C17H14N4O. The van der Waals surface area contributed by atoms with Gasteiger partial charge in [-0.3, -0.25) is 0 Å². The molecule has 0 radical (unpaired) electrons. The SMILES string of the molecule is CN(C)c1cccc(-c2nnc(-c3cccc(C#N)c3)o2)c1. The summed E-state index contributed by atoms with van der Waals surface area (Å²) in [4.78, 5) is 2.01. The van der Waals surface area contributed by atoms with Gasteiger partial charge in [0.15, 0.2) is 0 Å². The molecule has 3 rings (SSSR count). The Hall–Kier alpha value is -3.13. The van der Waals surface area contributed by atoms with E-state index in [0.29, 0.717) is 17.3 Å². The number of aromatic nitrogens is 2. The molecule has 0 aliphatic rings. The Labute approximate surface area is 128 Å². The topological polar surface area (TPSA) is 66.0 Å². The van der Waals surface area contributed by atoms with Gasteiger partial charge in [-0.2, -0.15) is 5.26 Å². The van der Waals surface area contributed by atoms with Crippen molar-refractivity contribution >= 4 is 5.69 Å². The van der Waals surface area contributed by atoms with Crippen molar-refractivity contribution in [1.29, 1.82) is 5.26 Å². The lowest BCUT2D eigenvalue weighted by molar-refractivity contribution is 0.584. The fraction of sp³-hybridized carbons (Fsp3) is 0.118. The van der Waals surface area contributed by atoms with Gasteiger partial charge < -0.3 is 9.32 Å². The van der Waals surface area contributed by atoms with E-state index in [0.717, 1.165) is 16.8 Å². The Balaban J connectivity index is 1.97. The van der Waals surface area contributed by atoms with Gasteiger partial charge in [0.2, 0.25) is 11.8 Å². The van der Waals surface area contributed by atoms with Crippen LogP contribution in [-0.2, 0) is 0 Å². The number of benzene rings is 2. The van der Waals surface area contributed by atoms with E-state index in [9.17, 15) is 0 Å². The van der Waals surface area contributed by atoms with Crippen molar-refractivity contribution in [2.24, 2.45) is 0 Å². The van der Waals surface area contributed by atoms with E-state index in [4.69, 9.17) is 9.68 Å². The van der Waals surface area contributed by atoms with E-state index in [1.54, 1.807) is 18.2 Å². The average molecular weight is 290 g/mol.